The van der Waals surface area contributed by atoms with Gasteiger partial charge in [0.1, 0.15) is 0 Å². The van der Waals surface area contributed by atoms with Crippen LogP contribution in [0.4, 0.5) is 17.3 Å². The number of rotatable bonds is 4. The molecule has 2 aromatic carbocycles. The van der Waals surface area contributed by atoms with E-state index in [1.165, 1.54) is 0 Å². The van der Waals surface area contributed by atoms with Crippen LogP contribution >= 0.6 is 15.9 Å². The molecule has 2 N–H and O–H groups in total. The number of aromatic nitrogens is 2. The Morgan fingerprint density at radius 1 is 0.923 bits per heavy atom. The van der Waals surface area contributed by atoms with E-state index in [9.17, 15) is 4.79 Å². The summed E-state index contributed by atoms with van der Waals surface area (Å²) in [4.78, 5) is 21.2. The zero-order chi connectivity index (χ0) is 18.7. The van der Waals surface area contributed by atoms with Crippen molar-refractivity contribution in [1.29, 1.82) is 0 Å². The third kappa shape index (κ3) is 4.46. The number of anilines is 3. The molecule has 26 heavy (non-hydrogen) atoms. The summed E-state index contributed by atoms with van der Waals surface area (Å²) in [5.74, 6) is 0.398. The average Bonchev–Trinajstić information content (AvgIpc) is 2.57. The van der Waals surface area contributed by atoms with Gasteiger partial charge in [0.15, 0.2) is 0 Å². The van der Waals surface area contributed by atoms with E-state index in [0.29, 0.717) is 11.5 Å². The van der Waals surface area contributed by atoms with Crippen LogP contribution in [-0.4, -0.2) is 15.9 Å². The lowest BCUT2D eigenvalue weighted by Crippen LogP contribution is -2.12. The minimum Gasteiger partial charge on any atom is -0.324 e. The molecule has 0 saturated heterocycles. The van der Waals surface area contributed by atoms with E-state index in [4.69, 9.17) is 0 Å². The second-order valence-electron chi connectivity index (χ2n) is 6.09. The van der Waals surface area contributed by atoms with Gasteiger partial charge in [-0.25, -0.2) is 9.97 Å². The van der Waals surface area contributed by atoms with Crippen molar-refractivity contribution in [3.8, 4) is 0 Å². The van der Waals surface area contributed by atoms with Gasteiger partial charge in [-0.3, -0.25) is 4.79 Å². The Bertz CT molecular complexity index is 934. The molecule has 0 saturated carbocycles. The monoisotopic (exact) mass is 410 g/mol. The second-order valence-corrected chi connectivity index (χ2v) is 7.01. The number of amides is 1. The molecule has 5 nitrogen and oxygen atoms in total. The molecule has 0 bridgehead atoms. The van der Waals surface area contributed by atoms with Gasteiger partial charge in [0, 0.05) is 32.8 Å². The van der Waals surface area contributed by atoms with E-state index in [1.807, 2.05) is 57.2 Å². The van der Waals surface area contributed by atoms with E-state index in [2.05, 4.69) is 36.5 Å². The highest BCUT2D eigenvalue weighted by atomic mass is 79.9. The molecule has 0 aliphatic carbocycles. The molecule has 6 heteroatoms. The van der Waals surface area contributed by atoms with Crippen LogP contribution < -0.4 is 10.6 Å². The largest absolute Gasteiger partial charge is 0.324 e. The minimum atomic E-state index is -0.148. The molecule has 0 spiro atoms. The Kier molecular flexibility index (Phi) is 5.32. The average molecular weight is 411 g/mol. The summed E-state index contributed by atoms with van der Waals surface area (Å²) in [6.45, 7) is 5.81. The summed E-state index contributed by atoms with van der Waals surface area (Å²) < 4.78 is 0.983. The number of carbonyl (C=O) groups excluding carboxylic acids is 1. The van der Waals surface area contributed by atoms with Crippen LogP contribution in [0.15, 0.2) is 53.0 Å². The third-order valence-electron chi connectivity index (χ3n) is 3.82. The van der Waals surface area contributed by atoms with Crippen LogP contribution in [-0.2, 0) is 0 Å². The molecule has 0 unspecified atom stereocenters. The van der Waals surface area contributed by atoms with E-state index in [0.717, 1.165) is 32.8 Å². The SMILES string of the molecule is Cc1cc(C)nc(Nc2ccc(C(=O)Nc3ccc(Br)cc3C)cc2)n1. The first kappa shape index (κ1) is 18.1. The number of nitrogens with one attached hydrogen (secondary N) is 2. The summed E-state index contributed by atoms with van der Waals surface area (Å²) in [5, 5.41) is 6.09. The fourth-order valence-electron chi connectivity index (χ4n) is 2.58. The number of hydrogen-bond donors (Lipinski definition) is 2. The van der Waals surface area contributed by atoms with Gasteiger partial charge in [-0.05, 0) is 74.9 Å². The topological polar surface area (TPSA) is 66.9 Å². The second kappa shape index (κ2) is 7.66. The van der Waals surface area contributed by atoms with Gasteiger partial charge < -0.3 is 10.6 Å². The maximum atomic E-state index is 12.4. The summed E-state index contributed by atoms with van der Waals surface area (Å²) in [7, 11) is 0. The molecule has 0 atom stereocenters. The lowest BCUT2D eigenvalue weighted by atomic mass is 10.1. The highest BCUT2D eigenvalue weighted by molar-refractivity contribution is 9.10. The first-order valence-electron chi connectivity index (χ1n) is 8.17. The normalized spacial score (nSPS) is 10.5. The zero-order valence-corrected chi connectivity index (χ0v) is 16.4. The lowest BCUT2D eigenvalue weighted by molar-refractivity contribution is 0.102. The standard InChI is InChI=1S/C20H19BrN4O/c1-12-10-16(21)6-9-18(12)25-19(26)15-4-7-17(8-5-15)24-20-22-13(2)11-14(3)23-20/h4-11H,1-3H3,(H,25,26)(H,22,23,24). The van der Waals surface area contributed by atoms with Crippen LogP contribution in [0.5, 0.6) is 0 Å². The highest BCUT2D eigenvalue weighted by Gasteiger charge is 2.08. The first-order chi connectivity index (χ1) is 12.4. The number of aryl methyl sites for hydroxylation is 3. The first-order valence-corrected chi connectivity index (χ1v) is 8.97. The van der Waals surface area contributed by atoms with Gasteiger partial charge in [-0.1, -0.05) is 15.9 Å². The summed E-state index contributed by atoms with van der Waals surface area (Å²) in [6, 6.07) is 14.9. The van der Waals surface area contributed by atoms with Crippen molar-refractivity contribution < 1.29 is 4.79 Å². The predicted octanol–water partition coefficient (Wildman–Crippen LogP) is 5.16. The van der Waals surface area contributed by atoms with Crippen LogP contribution in [0.25, 0.3) is 0 Å². The van der Waals surface area contributed by atoms with Crippen LogP contribution in [0.2, 0.25) is 0 Å². The Morgan fingerprint density at radius 3 is 2.19 bits per heavy atom. The van der Waals surface area contributed by atoms with E-state index >= 15 is 0 Å². The van der Waals surface area contributed by atoms with Gasteiger partial charge in [0.25, 0.3) is 5.91 Å². The number of halogens is 1. The van der Waals surface area contributed by atoms with Gasteiger partial charge in [0.2, 0.25) is 5.95 Å². The summed E-state index contributed by atoms with van der Waals surface area (Å²) in [6.07, 6.45) is 0. The number of benzene rings is 2. The van der Waals surface area contributed by atoms with Crippen molar-refractivity contribution in [2.45, 2.75) is 20.8 Å². The van der Waals surface area contributed by atoms with Crippen molar-refractivity contribution in [2.24, 2.45) is 0 Å². The number of carbonyl (C=O) groups is 1. The highest BCUT2D eigenvalue weighted by Crippen LogP contribution is 2.21. The molecule has 0 aliphatic rings. The Hall–Kier alpha value is -2.73. The van der Waals surface area contributed by atoms with Crippen LogP contribution in [0.3, 0.4) is 0 Å². The molecular weight excluding hydrogens is 392 g/mol. The van der Waals surface area contributed by atoms with Crippen molar-refractivity contribution >= 4 is 39.2 Å². The third-order valence-corrected chi connectivity index (χ3v) is 4.32. The van der Waals surface area contributed by atoms with Gasteiger partial charge in [-0.2, -0.15) is 0 Å². The molecule has 1 aromatic heterocycles. The molecule has 1 heterocycles. The quantitative estimate of drug-likeness (QED) is 0.623. The maximum absolute atomic E-state index is 12.4. The van der Waals surface area contributed by atoms with Gasteiger partial charge in [-0.15, -0.1) is 0 Å². The molecule has 132 valence electrons. The summed E-state index contributed by atoms with van der Waals surface area (Å²) >= 11 is 3.42. The molecule has 3 rings (SSSR count). The van der Waals surface area contributed by atoms with E-state index in [1.54, 1.807) is 12.1 Å². The Morgan fingerprint density at radius 2 is 1.58 bits per heavy atom. The van der Waals surface area contributed by atoms with Crippen molar-refractivity contribution in [2.75, 3.05) is 10.6 Å². The van der Waals surface area contributed by atoms with Gasteiger partial charge >= 0.3 is 0 Å². The van der Waals surface area contributed by atoms with Crippen LogP contribution in [0.1, 0.15) is 27.3 Å². The van der Waals surface area contributed by atoms with E-state index in [-0.39, 0.29) is 5.91 Å². The number of nitrogens with zero attached hydrogens (tertiary/aromatic N) is 2. The molecule has 1 amide bonds. The molecular formula is C20H19BrN4O. The molecule has 0 fully saturated rings. The van der Waals surface area contributed by atoms with E-state index < -0.39 is 0 Å². The minimum absolute atomic E-state index is 0.148. The zero-order valence-electron chi connectivity index (χ0n) is 14.8. The fraction of sp³-hybridized carbons (Fsp3) is 0.150. The van der Waals surface area contributed by atoms with Crippen molar-refractivity contribution in [3.63, 3.8) is 0 Å². The Balaban J connectivity index is 1.71. The maximum Gasteiger partial charge on any atom is 0.255 e. The smallest absolute Gasteiger partial charge is 0.255 e. The molecule has 3 aromatic rings. The van der Waals surface area contributed by atoms with Crippen LogP contribution in [0, 0.1) is 20.8 Å². The van der Waals surface area contributed by atoms with Crippen molar-refractivity contribution in [3.05, 3.63) is 75.5 Å². The van der Waals surface area contributed by atoms with Gasteiger partial charge in [0.05, 0.1) is 0 Å². The lowest BCUT2D eigenvalue weighted by Gasteiger charge is -2.10. The number of hydrogen-bond acceptors (Lipinski definition) is 4. The van der Waals surface area contributed by atoms with Crippen molar-refractivity contribution in [1.82, 2.24) is 9.97 Å². The summed E-state index contributed by atoms with van der Waals surface area (Å²) in [5.41, 5.74) is 5.01. The fourth-order valence-corrected chi connectivity index (χ4v) is 3.05. The Labute approximate surface area is 161 Å². The predicted molar refractivity (Wildman–Crippen MR) is 108 cm³/mol. The molecule has 0 radical (unpaired) electrons. The molecule has 0 aliphatic heterocycles.